The number of carboxylic acids is 2. The van der Waals surface area contributed by atoms with Crippen molar-refractivity contribution < 1.29 is 19.8 Å². The van der Waals surface area contributed by atoms with Gasteiger partial charge in [0.05, 0.1) is 10.8 Å². The number of aliphatic carboxylic acids is 2. The predicted octanol–water partition coefficient (Wildman–Crippen LogP) is 6.18. The maximum Gasteiger partial charge on any atom is 0.309 e. The zero-order chi connectivity index (χ0) is 21.5. The fraction of sp³-hybridized carbons (Fsp3) is 0.680. The monoisotopic (exact) mass is 402 g/mol. The van der Waals surface area contributed by atoms with Gasteiger partial charge in [-0.15, -0.1) is 0 Å². The molecule has 4 heteroatoms. The number of aryl methyl sites for hydroxylation is 2. The van der Waals surface area contributed by atoms with Crippen molar-refractivity contribution in [2.75, 3.05) is 0 Å². The molecule has 2 rings (SSSR count). The highest BCUT2D eigenvalue weighted by Crippen LogP contribution is 2.50. The van der Waals surface area contributed by atoms with E-state index in [9.17, 15) is 19.8 Å². The molecule has 29 heavy (non-hydrogen) atoms. The molecule has 0 atom stereocenters. The maximum atomic E-state index is 11.3. The molecule has 1 aromatic rings. The summed E-state index contributed by atoms with van der Waals surface area (Å²) in [6.45, 7) is 5.78. The van der Waals surface area contributed by atoms with Crippen molar-refractivity contribution in [2.24, 2.45) is 10.8 Å². The minimum absolute atomic E-state index is 0.386. The third kappa shape index (κ3) is 6.87. The van der Waals surface area contributed by atoms with E-state index in [4.69, 9.17) is 0 Å². The van der Waals surface area contributed by atoms with Crippen LogP contribution in [-0.2, 0) is 22.4 Å². The van der Waals surface area contributed by atoms with Gasteiger partial charge in [-0.05, 0) is 88.8 Å². The molecule has 162 valence electrons. The summed E-state index contributed by atoms with van der Waals surface area (Å²) < 4.78 is 0. The van der Waals surface area contributed by atoms with E-state index < -0.39 is 17.4 Å². The first kappa shape index (κ1) is 23.4. The lowest BCUT2D eigenvalue weighted by Gasteiger charge is -2.18. The summed E-state index contributed by atoms with van der Waals surface area (Å²) in [7, 11) is 0. The average molecular weight is 403 g/mol. The van der Waals surface area contributed by atoms with Gasteiger partial charge in [0.1, 0.15) is 0 Å². The van der Waals surface area contributed by atoms with Crippen LogP contribution in [0.1, 0.15) is 94.7 Å². The third-order valence-electron chi connectivity index (χ3n) is 6.72. The minimum Gasteiger partial charge on any atom is -0.481 e. The molecule has 0 bridgehead atoms. The van der Waals surface area contributed by atoms with Gasteiger partial charge >= 0.3 is 11.9 Å². The Morgan fingerprint density at radius 2 is 1.62 bits per heavy atom. The van der Waals surface area contributed by atoms with E-state index in [1.54, 1.807) is 13.8 Å². The van der Waals surface area contributed by atoms with Crippen molar-refractivity contribution in [3.63, 3.8) is 0 Å². The van der Waals surface area contributed by atoms with Crippen LogP contribution < -0.4 is 0 Å². The van der Waals surface area contributed by atoms with E-state index in [1.165, 1.54) is 16.7 Å². The summed E-state index contributed by atoms with van der Waals surface area (Å²) in [6.07, 6.45) is 11.7. The van der Waals surface area contributed by atoms with E-state index in [1.807, 2.05) is 0 Å². The molecular weight excluding hydrogens is 364 g/mol. The predicted molar refractivity (Wildman–Crippen MR) is 116 cm³/mol. The summed E-state index contributed by atoms with van der Waals surface area (Å²) in [5.74, 6) is -1.32. The number of hydrogen-bond acceptors (Lipinski definition) is 2. The van der Waals surface area contributed by atoms with Crippen molar-refractivity contribution in [1.29, 1.82) is 0 Å². The fourth-order valence-electron chi connectivity index (χ4n) is 4.18. The molecule has 0 saturated heterocycles. The molecule has 0 aromatic heterocycles. The lowest BCUT2D eigenvalue weighted by atomic mass is 9.86. The fourth-order valence-corrected chi connectivity index (χ4v) is 4.18. The smallest absolute Gasteiger partial charge is 0.309 e. The largest absolute Gasteiger partial charge is 0.481 e. The van der Waals surface area contributed by atoms with Crippen LogP contribution in [0.2, 0.25) is 0 Å². The number of carbonyl (C=O) groups is 2. The lowest BCUT2D eigenvalue weighted by Crippen LogP contribution is -2.23. The van der Waals surface area contributed by atoms with Crippen LogP contribution >= 0.6 is 0 Å². The standard InChI is InChI=1S/C25H38O4/c1-19-11-10-13-20(12-6-4-8-15-24(2,3)22(26)27)21(19)14-7-5-9-16-25(17-18-25)23(28)29/h10-11,13H,4-9,12,14-18H2,1-3H3,(H,26,27)(H,28,29). The Bertz CT molecular complexity index is 701. The van der Waals surface area contributed by atoms with Crippen molar-refractivity contribution in [3.8, 4) is 0 Å². The quantitative estimate of drug-likeness (QED) is 0.365. The third-order valence-corrected chi connectivity index (χ3v) is 6.72. The molecule has 1 aromatic carbocycles. The van der Waals surface area contributed by atoms with E-state index in [-0.39, 0.29) is 5.41 Å². The summed E-state index contributed by atoms with van der Waals surface area (Å²) in [5, 5.41) is 18.5. The molecule has 1 fully saturated rings. The zero-order valence-electron chi connectivity index (χ0n) is 18.4. The van der Waals surface area contributed by atoms with Gasteiger partial charge < -0.3 is 10.2 Å². The molecule has 0 amide bonds. The van der Waals surface area contributed by atoms with Gasteiger partial charge in [-0.2, -0.15) is 0 Å². The van der Waals surface area contributed by atoms with E-state index in [2.05, 4.69) is 25.1 Å². The minimum atomic E-state index is -0.713. The number of rotatable bonds is 14. The Kier molecular flexibility index (Phi) is 8.30. The van der Waals surface area contributed by atoms with Gasteiger partial charge in [-0.3, -0.25) is 9.59 Å². The number of unbranched alkanes of at least 4 members (excludes halogenated alkanes) is 4. The van der Waals surface area contributed by atoms with E-state index in [0.717, 1.165) is 77.0 Å². The second-order valence-corrected chi connectivity index (χ2v) is 9.61. The second-order valence-electron chi connectivity index (χ2n) is 9.61. The lowest BCUT2D eigenvalue weighted by molar-refractivity contribution is -0.147. The first-order chi connectivity index (χ1) is 13.7. The van der Waals surface area contributed by atoms with Crippen LogP contribution in [-0.4, -0.2) is 22.2 Å². The zero-order valence-corrected chi connectivity index (χ0v) is 18.4. The van der Waals surface area contributed by atoms with Crippen LogP contribution in [0, 0.1) is 17.8 Å². The van der Waals surface area contributed by atoms with E-state index >= 15 is 0 Å². The highest BCUT2D eigenvalue weighted by atomic mass is 16.4. The van der Waals surface area contributed by atoms with Crippen molar-refractivity contribution in [1.82, 2.24) is 0 Å². The van der Waals surface area contributed by atoms with Gasteiger partial charge in [0.25, 0.3) is 0 Å². The van der Waals surface area contributed by atoms with Gasteiger partial charge in [0.2, 0.25) is 0 Å². The van der Waals surface area contributed by atoms with Gasteiger partial charge in [-0.1, -0.05) is 43.9 Å². The molecule has 4 nitrogen and oxygen atoms in total. The first-order valence-corrected chi connectivity index (χ1v) is 11.2. The molecule has 1 saturated carbocycles. The average Bonchev–Trinajstić information content (AvgIpc) is 3.44. The van der Waals surface area contributed by atoms with Crippen LogP contribution in [0.25, 0.3) is 0 Å². The summed E-state index contributed by atoms with van der Waals surface area (Å²) >= 11 is 0. The molecular formula is C25H38O4. The summed E-state index contributed by atoms with van der Waals surface area (Å²) in [6, 6.07) is 6.54. The van der Waals surface area contributed by atoms with Crippen LogP contribution in [0.5, 0.6) is 0 Å². The molecule has 0 radical (unpaired) electrons. The summed E-state index contributed by atoms with van der Waals surface area (Å²) in [5.41, 5.74) is 3.21. The maximum absolute atomic E-state index is 11.3. The SMILES string of the molecule is Cc1cccc(CCCCCC(C)(C)C(=O)O)c1CCCCCC1(C(=O)O)CC1. The molecule has 2 N–H and O–H groups in total. The molecule has 0 heterocycles. The molecule has 0 spiro atoms. The first-order valence-electron chi connectivity index (χ1n) is 11.2. The normalized spacial score (nSPS) is 15.3. The Hall–Kier alpha value is -1.84. The molecule has 1 aliphatic carbocycles. The highest BCUT2D eigenvalue weighted by molar-refractivity contribution is 5.77. The Morgan fingerprint density at radius 3 is 2.24 bits per heavy atom. The molecule has 1 aliphatic rings. The highest BCUT2D eigenvalue weighted by Gasteiger charge is 2.49. The summed E-state index contributed by atoms with van der Waals surface area (Å²) in [4.78, 5) is 22.5. The van der Waals surface area contributed by atoms with Crippen molar-refractivity contribution in [2.45, 2.75) is 97.8 Å². The number of hydrogen-bond donors (Lipinski definition) is 2. The second kappa shape index (κ2) is 10.3. The topological polar surface area (TPSA) is 74.6 Å². The van der Waals surface area contributed by atoms with Crippen LogP contribution in [0.15, 0.2) is 18.2 Å². The van der Waals surface area contributed by atoms with Gasteiger partial charge in [0, 0.05) is 0 Å². The van der Waals surface area contributed by atoms with Gasteiger partial charge in [-0.25, -0.2) is 0 Å². The molecule has 0 unspecified atom stereocenters. The van der Waals surface area contributed by atoms with Gasteiger partial charge in [0.15, 0.2) is 0 Å². The van der Waals surface area contributed by atoms with Crippen molar-refractivity contribution >= 4 is 11.9 Å². The van der Waals surface area contributed by atoms with Crippen LogP contribution in [0.4, 0.5) is 0 Å². The Labute approximate surface area is 175 Å². The van der Waals surface area contributed by atoms with E-state index in [0.29, 0.717) is 0 Å². The van der Waals surface area contributed by atoms with Crippen molar-refractivity contribution in [3.05, 3.63) is 34.9 Å². The number of carboxylic acid groups (broad SMARTS) is 2. The molecule has 0 aliphatic heterocycles. The Balaban J connectivity index is 1.73. The van der Waals surface area contributed by atoms with Crippen LogP contribution in [0.3, 0.4) is 0 Å². The Morgan fingerprint density at radius 1 is 0.966 bits per heavy atom. The number of benzene rings is 1.